The average molecular weight is 316 g/mol. The van der Waals surface area contributed by atoms with E-state index in [1.165, 1.54) is 0 Å². The van der Waals surface area contributed by atoms with Gasteiger partial charge >= 0.3 is 6.03 Å². The fourth-order valence-corrected chi connectivity index (χ4v) is 2.01. The maximum absolute atomic E-state index is 14.3. The van der Waals surface area contributed by atoms with Crippen LogP contribution in [0.4, 0.5) is 15.0 Å². The van der Waals surface area contributed by atoms with Gasteiger partial charge in [-0.2, -0.15) is 0 Å². The van der Waals surface area contributed by atoms with E-state index in [9.17, 15) is 9.18 Å². The van der Waals surface area contributed by atoms with Gasteiger partial charge in [0.15, 0.2) is 11.6 Å². The van der Waals surface area contributed by atoms with Crippen molar-refractivity contribution >= 4 is 11.8 Å². The van der Waals surface area contributed by atoms with Crippen LogP contribution in [0.5, 0.6) is 5.75 Å². The summed E-state index contributed by atoms with van der Waals surface area (Å²) in [4.78, 5) is 19.9. The molecule has 1 aromatic carbocycles. The number of carbonyl (C=O) groups is 1. The molecule has 2 aromatic rings. The number of aryl methyl sites for hydroxylation is 1. The summed E-state index contributed by atoms with van der Waals surface area (Å²) >= 11 is 0. The summed E-state index contributed by atoms with van der Waals surface area (Å²) in [6.07, 6.45) is 3.60. The standard InChI is InChI=1S/C16H17FN4O2/c1-10-18-8-7-14(20-10)21-16(22)19-9-11-3-2-4-13(15(11)17)23-12-5-6-12/h2-4,7-8,12H,5-6,9H2,1H3,(H2,18,19,20,21,22). The topological polar surface area (TPSA) is 76.1 Å². The first-order chi connectivity index (χ1) is 11.1. The highest BCUT2D eigenvalue weighted by atomic mass is 19.1. The Morgan fingerprint density at radius 3 is 2.96 bits per heavy atom. The monoisotopic (exact) mass is 316 g/mol. The van der Waals surface area contributed by atoms with Crippen molar-refractivity contribution < 1.29 is 13.9 Å². The quantitative estimate of drug-likeness (QED) is 0.889. The molecule has 1 heterocycles. The van der Waals surface area contributed by atoms with Crippen LogP contribution >= 0.6 is 0 Å². The molecule has 0 saturated heterocycles. The number of nitrogens with zero attached hydrogens (tertiary/aromatic N) is 2. The minimum atomic E-state index is -0.462. The van der Waals surface area contributed by atoms with Gasteiger partial charge in [-0.15, -0.1) is 0 Å². The van der Waals surface area contributed by atoms with Crippen molar-refractivity contribution in [3.8, 4) is 5.75 Å². The second-order valence-corrected chi connectivity index (χ2v) is 5.34. The molecule has 0 radical (unpaired) electrons. The van der Waals surface area contributed by atoms with E-state index in [0.29, 0.717) is 17.2 Å². The van der Waals surface area contributed by atoms with E-state index >= 15 is 0 Å². The van der Waals surface area contributed by atoms with E-state index in [1.807, 2.05) is 0 Å². The predicted molar refractivity (Wildman–Crippen MR) is 82.7 cm³/mol. The van der Waals surface area contributed by atoms with Gasteiger partial charge in [-0.1, -0.05) is 12.1 Å². The molecule has 1 aliphatic carbocycles. The number of halogens is 1. The minimum Gasteiger partial charge on any atom is -0.487 e. The van der Waals surface area contributed by atoms with Crippen molar-refractivity contribution in [2.24, 2.45) is 0 Å². The molecule has 1 saturated carbocycles. The first-order valence-electron chi connectivity index (χ1n) is 7.40. The summed E-state index contributed by atoms with van der Waals surface area (Å²) in [5, 5.41) is 5.17. The molecular weight excluding hydrogens is 299 g/mol. The Morgan fingerprint density at radius 1 is 1.39 bits per heavy atom. The van der Waals surface area contributed by atoms with E-state index < -0.39 is 11.8 Å². The highest BCUT2D eigenvalue weighted by Crippen LogP contribution is 2.29. The highest BCUT2D eigenvalue weighted by molar-refractivity contribution is 5.88. The van der Waals surface area contributed by atoms with Crippen LogP contribution in [-0.4, -0.2) is 22.1 Å². The second kappa shape index (κ2) is 6.60. The van der Waals surface area contributed by atoms with Crippen molar-refractivity contribution in [2.75, 3.05) is 5.32 Å². The van der Waals surface area contributed by atoms with Crippen molar-refractivity contribution in [1.82, 2.24) is 15.3 Å². The van der Waals surface area contributed by atoms with Gasteiger partial charge in [0, 0.05) is 18.3 Å². The zero-order chi connectivity index (χ0) is 16.2. The molecule has 1 aliphatic rings. The normalized spacial score (nSPS) is 13.5. The largest absolute Gasteiger partial charge is 0.487 e. The zero-order valence-corrected chi connectivity index (χ0v) is 12.7. The van der Waals surface area contributed by atoms with Gasteiger partial charge in [0.1, 0.15) is 11.6 Å². The van der Waals surface area contributed by atoms with Gasteiger partial charge in [-0.3, -0.25) is 5.32 Å². The maximum Gasteiger partial charge on any atom is 0.320 e. The predicted octanol–water partition coefficient (Wildman–Crippen LogP) is 2.79. The van der Waals surface area contributed by atoms with Crippen LogP contribution in [0.3, 0.4) is 0 Å². The smallest absolute Gasteiger partial charge is 0.320 e. The van der Waals surface area contributed by atoms with Gasteiger partial charge < -0.3 is 10.1 Å². The van der Waals surface area contributed by atoms with Crippen LogP contribution in [0, 0.1) is 12.7 Å². The van der Waals surface area contributed by atoms with Crippen LogP contribution < -0.4 is 15.4 Å². The molecule has 0 atom stereocenters. The first-order valence-corrected chi connectivity index (χ1v) is 7.40. The number of carbonyl (C=O) groups excluding carboxylic acids is 1. The molecule has 3 rings (SSSR count). The number of hydrogen-bond donors (Lipinski definition) is 2. The van der Waals surface area contributed by atoms with Gasteiger partial charge in [0.05, 0.1) is 6.10 Å². The van der Waals surface area contributed by atoms with Crippen LogP contribution in [-0.2, 0) is 6.54 Å². The van der Waals surface area contributed by atoms with Crippen molar-refractivity contribution in [2.45, 2.75) is 32.4 Å². The Bertz CT molecular complexity index is 719. The summed E-state index contributed by atoms with van der Waals surface area (Å²) in [5.74, 6) is 0.747. The maximum atomic E-state index is 14.3. The summed E-state index contributed by atoms with van der Waals surface area (Å²) in [5.41, 5.74) is 0.372. The highest BCUT2D eigenvalue weighted by Gasteiger charge is 2.25. The van der Waals surface area contributed by atoms with Gasteiger partial charge in [-0.05, 0) is 31.9 Å². The molecule has 120 valence electrons. The van der Waals surface area contributed by atoms with Crippen molar-refractivity contribution in [3.63, 3.8) is 0 Å². The summed E-state index contributed by atoms with van der Waals surface area (Å²) < 4.78 is 19.8. The molecule has 2 amide bonds. The van der Waals surface area contributed by atoms with Crippen LogP contribution in [0.2, 0.25) is 0 Å². The molecule has 0 unspecified atom stereocenters. The molecule has 7 heteroatoms. The van der Waals surface area contributed by atoms with E-state index in [2.05, 4.69) is 20.6 Å². The lowest BCUT2D eigenvalue weighted by molar-refractivity contribution is 0.251. The SMILES string of the molecule is Cc1nccc(NC(=O)NCc2cccc(OC3CC3)c2F)n1. The number of urea groups is 1. The minimum absolute atomic E-state index is 0.0591. The number of ether oxygens (including phenoxy) is 1. The Morgan fingerprint density at radius 2 is 2.22 bits per heavy atom. The molecule has 0 spiro atoms. The molecule has 1 fully saturated rings. The number of aromatic nitrogens is 2. The van der Waals surface area contributed by atoms with Gasteiger partial charge in [-0.25, -0.2) is 19.2 Å². The van der Waals surface area contributed by atoms with Gasteiger partial charge in [0.25, 0.3) is 0 Å². The molecule has 0 bridgehead atoms. The Balaban J connectivity index is 1.58. The molecule has 2 N–H and O–H groups in total. The molecule has 1 aromatic heterocycles. The number of rotatable bonds is 5. The number of amides is 2. The van der Waals surface area contributed by atoms with E-state index in [-0.39, 0.29) is 18.4 Å². The number of benzene rings is 1. The van der Waals surface area contributed by atoms with Crippen LogP contribution in [0.1, 0.15) is 24.2 Å². The molecular formula is C16H17FN4O2. The lowest BCUT2D eigenvalue weighted by atomic mass is 10.2. The van der Waals surface area contributed by atoms with E-state index in [1.54, 1.807) is 37.4 Å². The zero-order valence-electron chi connectivity index (χ0n) is 12.7. The first kappa shape index (κ1) is 15.2. The fraction of sp³-hybridized carbons (Fsp3) is 0.312. The summed E-state index contributed by atoms with van der Waals surface area (Å²) in [7, 11) is 0. The Hall–Kier alpha value is -2.70. The lowest BCUT2D eigenvalue weighted by Gasteiger charge is -2.11. The van der Waals surface area contributed by atoms with E-state index in [4.69, 9.17) is 4.74 Å². The van der Waals surface area contributed by atoms with E-state index in [0.717, 1.165) is 12.8 Å². The third kappa shape index (κ3) is 4.15. The number of anilines is 1. The second-order valence-electron chi connectivity index (χ2n) is 5.34. The Kier molecular flexibility index (Phi) is 4.36. The fourth-order valence-electron chi connectivity index (χ4n) is 2.01. The van der Waals surface area contributed by atoms with Crippen LogP contribution in [0.25, 0.3) is 0 Å². The number of nitrogens with one attached hydrogen (secondary N) is 2. The number of hydrogen-bond acceptors (Lipinski definition) is 4. The summed E-state index contributed by atoms with van der Waals surface area (Å²) in [6, 6.07) is 6.04. The Labute approximate surface area is 133 Å². The molecule has 23 heavy (non-hydrogen) atoms. The molecule has 0 aliphatic heterocycles. The van der Waals surface area contributed by atoms with Crippen molar-refractivity contribution in [1.29, 1.82) is 0 Å². The third-order valence-electron chi connectivity index (χ3n) is 3.32. The molecule has 6 nitrogen and oxygen atoms in total. The summed E-state index contributed by atoms with van der Waals surface area (Å²) in [6.45, 7) is 1.79. The van der Waals surface area contributed by atoms with Crippen molar-refractivity contribution in [3.05, 3.63) is 47.7 Å². The average Bonchev–Trinajstić information content (AvgIpc) is 3.32. The van der Waals surface area contributed by atoms with Crippen LogP contribution in [0.15, 0.2) is 30.5 Å². The third-order valence-corrected chi connectivity index (χ3v) is 3.32. The van der Waals surface area contributed by atoms with Gasteiger partial charge in [0.2, 0.25) is 0 Å². The lowest BCUT2D eigenvalue weighted by Crippen LogP contribution is -2.29.